The Hall–Kier alpha value is -1.39. The first-order chi connectivity index (χ1) is 8.78. The molecule has 2 aliphatic rings. The maximum atomic E-state index is 12.6. The fourth-order valence-electron chi connectivity index (χ4n) is 4.29. The van der Waals surface area contributed by atoms with Crippen molar-refractivity contribution in [3.8, 4) is 0 Å². The van der Waals surface area contributed by atoms with Crippen LogP contribution in [-0.2, 0) is 7.05 Å². The molecule has 1 aromatic heterocycles. The van der Waals surface area contributed by atoms with Gasteiger partial charge in [0.15, 0.2) is 5.69 Å². The second-order valence-corrected chi connectivity index (χ2v) is 7.42. The number of amides is 1. The van der Waals surface area contributed by atoms with Crippen LogP contribution < -0.4 is 0 Å². The molecule has 2 heterocycles. The van der Waals surface area contributed by atoms with Gasteiger partial charge in [0.05, 0.1) is 6.20 Å². The Labute approximate surface area is 114 Å². The molecule has 104 valence electrons. The first kappa shape index (κ1) is 12.6. The summed E-state index contributed by atoms with van der Waals surface area (Å²) >= 11 is 0. The predicted molar refractivity (Wildman–Crippen MR) is 71.6 cm³/mol. The number of nitrogens with zero attached hydrogens (tertiary/aromatic N) is 4. The van der Waals surface area contributed by atoms with Crippen LogP contribution in [0.4, 0.5) is 0 Å². The molecule has 0 aromatic carbocycles. The van der Waals surface area contributed by atoms with E-state index in [1.54, 1.807) is 17.9 Å². The fourth-order valence-corrected chi connectivity index (χ4v) is 4.29. The van der Waals surface area contributed by atoms with Crippen molar-refractivity contribution in [2.45, 2.75) is 46.1 Å². The zero-order valence-corrected chi connectivity index (χ0v) is 12.2. The van der Waals surface area contributed by atoms with Crippen LogP contribution >= 0.6 is 0 Å². The fraction of sp³-hybridized carbons (Fsp3) is 0.786. The molecule has 2 unspecified atom stereocenters. The van der Waals surface area contributed by atoms with Crippen molar-refractivity contribution in [3.05, 3.63) is 11.9 Å². The van der Waals surface area contributed by atoms with Gasteiger partial charge in [0.1, 0.15) is 0 Å². The average molecular weight is 262 g/mol. The van der Waals surface area contributed by atoms with E-state index in [2.05, 4.69) is 31.1 Å². The Morgan fingerprint density at radius 3 is 2.74 bits per heavy atom. The molecule has 1 aliphatic heterocycles. The number of aryl methyl sites for hydroxylation is 1. The quantitative estimate of drug-likeness (QED) is 0.776. The molecule has 0 spiro atoms. The minimum atomic E-state index is 0.0412. The highest BCUT2D eigenvalue weighted by Crippen LogP contribution is 2.52. The number of likely N-dealkylation sites (tertiary alicyclic amines) is 1. The molecule has 0 radical (unpaired) electrons. The lowest BCUT2D eigenvalue weighted by atomic mass is 9.65. The van der Waals surface area contributed by atoms with Crippen LogP contribution in [0.1, 0.15) is 50.5 Å². The van der Waals surface area contributed by atoms with Crippen molar-refractivity contribution in [2.75, 3.05) is 6.54 Å². The molecule has 2 fully saturated rings. The van der Waals surface area contributed by atoms with Gasteiger partial charge in [0.2, 0.25) is 0 Å². The lowest BCUT2D eigenvalue weighted by Gasteiger charge is -2.39. The van der Waals surface area contributed by atoms with E-state index in [-0.39, 0.29) is 11.3 Å². The van der Waals surface area contributed by atoms with E-state index in [9.17, 15) is 4.79 Å². The summed E-state index contributed by atoms with van der Waals surface area (Å²) in [6.07, 6.45) is 5.12. The van der Waals surface area contributed by atoms with Crippen LogP contribution in [0.5, 0.6) is 0 Å². The van der Waals surface area contributed by atoms with E-state index >= 15 is 0 Å². The minimum absolute atomic E-state index is 0.0412. The van der Waals surface area contributed by atoms with E-state index in [1.165, 1.54) is 6.42 Å². The van der Waals surface area contributed by atoms with E-state index in [0.717, 1.165) is 19.4 Å². The van der Waals surface area contributed by atoms with Gasteiger partial charge in [-0.2, -0.15) is 0 Å². The minimum Gasteiger partial charge on any atom is -0.334 e. The van der Waals surface area contributed by atoms with Crippen LogP contribution in [-0.4, -0.2) is 38.4 Å². The number of hydrogen-bond acceptors (Lipinski definition) is 3. The molecule has 1 saturated heterocycles. The maximum Gasteiger partial charge on any atom is 0.276 e. The first-order valence-corrected chi connectivity index (χ1v) is 6.95. The van der Waals surface area contributed by atoms with Crippen LogP contribution in [0.15, 0.2) is 6.20 Å². The second kappa shape index (κ2) is 3.81. The van der Waals surface area contributed by atoms with Gasteiger partial charge in [-0.15, -0.1) is 5.10 Å². The molecule has 19 heavy (non-hydrogen) atoms. The zero-order valence-electron chi connectivity index (χ0n) is 12.2. The van der Waals surface area contributed by atoms with Gasteiger partial charge in [0.25, 0.3) is 5.91 Å². The standard InChI is InChI=1S/C14H22N4O/c1-13(2)5-10-6-14(3,8-13)9-18(10)12(19)11-7-17(4)16-15-11/h7,10H,5-6,8-9H2,1-4H3. The van der Waals surface area contributed by atoms with Gasteiger partial charge < -0.3 is 4.90 Å². The Morgan fingerprint density at radius 2 is 2.11 bits per heavy atom. The summed E-state index contributed by atoms with van der Waals surface area (Å²) in [5.74, 6) is 0.0412. The largest absolute Gasteiger partial charge is 0.334 e. The van der Waals surface area contributed by atoms with Crippen LogP contribution in [0, 0.1) is 10.8 Å². The zero-order chi connectivity index (χ0) is 13.8. The molecule has 1 aliphatic carbocycles. The molecule has 1 amide bonds. The average Bonchev–Trinajstić information content (AvgIpc) is 2.78. The molecule has 2 atom stereocenters. The summed E-state index contributed by atoms with van der Waals surface area (Å²) in [6, 6.07) is 0.364. The Balaban J connectivity index is 1.86. The van der Waals surface area contributed by atoms with Gasteiger partial charge in [-0.25, -0.2) is 0 Å². The molecule has 5 nitrogen and oxygen atoms in total. The summed E-state index contributed by atoms with van der Waals surface area (Å²) in [5, 5.41) is 7.82. The third kappa shape index (κ3) is 2.15. The first-order valence-electron chi connectivity index (χ1n) is 6.95. The topological polar surface area (TPSA) is 51.0 Å². The lowest BCUT2D eigenvalue weighted by Crippen LogP contribution is -2.37. The van der Waals surface area contributed by atoms with Crippen molar-refractivity contribution in [3.63, 3.8) is 0 Å². The van der Waals surface area contributed by atoms with E-state index in [1.807, 2.05) is 4.90 Å². The van der Waals surface area contributed by atoms with Gasteiger partial charge in [-0.3, -0.25) is 9.48 Å². The molecule has 1 aromatic rings. The van der Waals surface area contributed by atoms with Gasteiger partial charge >= 0.3 is 0 Å². The number of hydrogen-bond donors (Lipinski definition) is 0. The normalized spacial score (nSPS) is 32.6. The summed E-state index contributed by atoms with van der Waals surface area (Å²) in [5.41, 5.74) is 1.07. The van der Waals surface area contributed by atoms with E-state index in [0.29, 0.717) is 17.2 Å². The van der Waals surface area contributed by atoms with Crippen molar-refractivity contribution in [2.24, 2.45) is 17.9 Å². The Kier molecular flexibility index (Phi) is 2.53. The van der Waals surface area contributed by atoms with Gasteiger partial charge in [-0.05, 0) is 30.1 Å². The monoisotopic (exact) mass is 262 g/mol. The highest BCUT2D eigenvalue weighted by molar-refractivity contribution is 5.92. The van der Waals surface area contributed by atoms with E-state index < -0.39 is 0 Å². The van der Waals surface area contributed by atoms with Crippen molar-refractivity contribution in [1.29, 1.82) is 0 Å². The highest BCUT2D eigenvalue weighted by atomic mass is 16.2. The van der Waals surface area contributed by atoms with E-state index in [4.69, 9.17) is 0 Å². The Morgan fingerprint density at radius 1 is 1.37 bits per heavy atom. The lowest BCUT2D eigenvalue weighted by molar-refractivity contribution is 0.0702. The molecule has 3 rings (SSSR count). The Bertz CT molecular complexity index is 521. The molecule has 1 saturated carbocycles. The summed E-state index contributed by atoms with van der Waals surface area (Å²) in [4.78, 5) is 14.6. The van der Waals surface area contributed by atoms with Crippen LogP contribution in [0.25, 0.3) is 0 Å². The number of carbonyl (C=O) groups excluding carboxylic acids is 1. The maximum absolute atomic E-state index is 12.6. The molecule has 2 bridgehead atoms. The van der Waals surface area contributed by atoms with Crippen molar-refractivity contribution >= 4 is 5.91 Å². The molecule has 5 heteroatoms. The smallest absolute Gasteiger partial charge is 0.276 e. The summed E-state index contributed by atoms with van der Waals surface area (Å²) < 4.78 is 1.58. The molecular formula is C14H22N4O. The van der Waals surface area contributed by atoms with Crippen molar-refractivity contribution < 1.29 is 4.79 Å². The third-order valence-corrected chi connectivity index (χ3v) is 4.50. The predicted octanol–water partition coefficient (Wildman–Crippen LogP) is 1.86. The highest BCUT2D eigenvalue weighted by Gasteiger charge is 2.51. The number of aromatic nitrogens is 3. The summed E-state index contributed by atoms with van der Waals surface area (Å²) in [6.45, 7) is 7.79. The second-order valence-electron chi connectivity index (χ2n) is 7.42. The molecule has 0 N–H and O–H groups in total. The van der Waals surface area contributed by atoms with Crippen LogP contribution in [0.3, 0.4) is 0 Å². The molecular weight excluding hydrogens is 240 g/mol. The third-order valence-electron chi connectivity index (χ3n) is 4.50. The van der Waals surface area contributed by atoms with Gasteiger partial charge in [0, 0.05) is 19.6 Å². The SMILES string of the molecule is Cn1cc(C(=O)N2CC3(C)CC2CC(C)(C)C3)nn1. The number of rotatable bonds is 1. The number of fused-ring (bicyclic) bond motifs is 2. The van der Waals surface area contributed by atoms with Crippen LogP contribution in [0.2, 0.25) is 0 Å². The summed E-state index contributed by atoms with van der Waals surface area (Å²) in [7, 11) is 1.79. The number of carbonyl (C=O) groups is 1. The van der Waals surface area contributed by atoms with Gasteiger partial charge in [-0.1, -0.05) is 26.0 Å². The van der Waals surface area contributed by atoms with Crippen molar-refractivity contribution in [1.82, 2.24) is 19.9 Å².